The van der Waals surface area contributed by atoms with Crippen LogP contribution in [0.25, 0.3) is 0 Å². The second-order valence-electron chi connectivity index (χ2n) is 3.26. The van der Waals surface area contributed by atoms with Crippen LogP contribution in [0.1, 0.15) is 11.1 Å². The van der Waals surface area contributed by atoms with Gasteiger partial charge in [0.2, 0.25) is 0 Å². The maximum absolute atomic E-state index is 6.07. The molecule has 2 rings (SSSR count). The fourth-order valence-electron chi connectivity index (χ4n) is 1.54. The zero-order valence-electron chi connectivity index (χ0n) is 7.56. The molecule has 1 aliphatic rings. The van der Waals surface area contributed by atoms with Gasteiger partial charge >= 0.3 is 0 Å². The molecule has 0 fully saturated rings. The Balaban J connectivity index is 2.47. The van der Waals surface area contributed by atoms with E-state index in [0.29, 0.717) is 6.61 Å². The number of hydrogen-bond acceptors (Lipinski definition) is 2. The molecule has 3 heteroatoms. The second kappa shape index (κ2) is 3.56. The zero-order valence-corrected chi connectivity index (χ0v) is 8.32. The normalized spacial score (nSPS) is 15.8. The standard InChI is InChI=1S/C10H12ClNO/c1-7-4-8-6-12-2-3-13-10(8)9(11)5-7/h4-5,12H,2-3,6H2,1H3. The van der Waals surface area contributed by atoms with Crippen molar-refractivity contribution in [3.63, 3.8) is 0 Å². The van der Waals surface area contributed by atoms with Crippen LogP contribution in [0.5, 0.6) is 5.75 Å². The fourth-order valence-corrected chi connectivity index (χ4v) is 1.89. The van der Waals surface area contributed by atoms with E-state index in [1.165, 1.54) is 5.56 Å². The molecule has 1 aromatic carbocycles. The lowest BCUT2D eigenvalue weighted by atomic mass is 10.1. The van der Waals surface area contributed by atoms with Crippen LogP contribution in [0.3, 0.4) is 0 Å². The van der Waals surface area contributed by atoms with Crippen LogP contribution >= 0.6 is 11.6 Å². The van der Waals surface area contributed by atoms with E-state index in [1.54, 1.807) is 0 Å². The van der Waals surface area contributed by atoms with Gasteiger partial charge in [-0.1, -0.05) is 17.7 Å². The van der Waals surface area contributed by atoms with Crippen molar-refractivity contribution in [1.82, 2.24) is 5.32 Å². The topological polar surface area (TPSA) is 21.3 Å². The Morgan fingerprint density at radius 1 is 1.46 bits per heavy atom. The summed E-state index contributed by atoms with van der Waals surface area (Å²) in [5, 5.41) is 4.00. The quantitative estimate of drug-likeness (QED) is 0.688. The molecule has 13 heavy (non-hydrogen) atoms. The Kier molecular flexibility index (Phi) is 2.42. The summed E-state index contributed by atoms with van der Waals surface area (Å²) in [6.45, 7) is 4.45. The number of hydrogen-bond donors (Lipinski definition) is 1. The van der Waals surface area contributed by atoms with E-state index in [9.17, 15) is 0 Å². The van der Waals surface area contributed by atoms with Crippen molar-refractivity contribution in [2.75, 3.05) is 13.2 Å². The molecule has 0 spiro atoms. The Labute approximate surface area is 82.9 Å². The summed E-state index contributed by atoms with van der Waals surface area (Å²) >= 11 is 6.07. The van der Waals surface area contributed by atoms with Gasteiger partial charge in [0.15, 0.2) is 0 Å². The molecule has 0 saturated heterocycles. The van der Waals surface area contributed by atoms with Crippen LogP contribution in [0.15, 0.2) is 12.1 Å². The summed E-state index contributed by atoms with van der Waals surface area (Å²) < 4.78 is 5.54. The summed E-state index contributed by atoms with van der Waals surface area (Å²) in [4.78, 5) is 0. The zero-order chi connectivity index (χ0) is 9.26. The highest BCUT2D eigenvalue weighted by molar-refractivity contribution is 6.32. The van der Waals surface area contributed by atoms with Gasteiger partial charge in [0.25, 0.3) is 0 Å². The Hall–Kier alpha value is -0.730. The minimum absolute atomic E-state index is 0.690. The van der Waals surface area contributed by atoms with Crippen molar-refractivity contribution in [3.8, 4) is 5.75 Å². The van der Waals surface area contributed by atoms with Gasteiger partial charge in [-0.15, -0.1) is 0 Å². The van der Waals surface area contributed by atoms with Crippen LogP contribution in [0.2, 0.25) is 5.02 Å². The Morgan fingerprint density at radius 3 is 3.15 bits per heavy atom. The van der Waals surface area contributed by atoms with E-state index in [2.05, 4.69) is 11.4 Å². The molecule has 70 valence electrons. The molecule has 0 saturated carbocycles. The predicted octanol–water partition coefficient (Wildman–Crippen LogP) is 2.13. The van der Waals surface area contributed by atoms with Crippen LogP contribution in [0.4, 0.5) is 0 Å². The van der Waals surface area contributed by atoms with E-state index in [4.69, 9.17) is 16.3 Å². The van der Waals surface area contributed by atoms with Crippen LogP contribution in [-0.2, 0) is 6.54 Å². The van der Waals surface area contributed by atoms with E-state index in [1.807, 2.05) is 13.0 Å². The summed E-state index contributed by atoms with van der Waals surface area (Å²) in [5.74, 6) is 0.845. The van der Waals surface area contributed by atoms with Crippen LogP contribution < -0.4 is 10.1 Å². The largest absolute Gasteiger partial charge is 0.490 e. The molecule has 0 aromatic heterocycles. The van der Waals surface area contributed by atoms with Gasteiger partial charge in [-0.3, -0.25) is 0 Å². The first kappa shape index (κ1) is 8.85. The van der Waals surface area contributed by atoms with Gasteiger partial charge in [-0.25, -0.2) is 0 Å². The van der Waals surface area contributed by atoms with Gasteiger partial charge in [-0.05, 0) is 18.6 Å². The highest BCUT2D eigenvalue weighted by Gasteiger charge is 2.12. The lowest BCUT2D eigenvalue weighted by molar-refractivity contribution is 0.326. The van der Waals surface area contributed by atoms with E-state index in [-0.39, 0.29) is 0 Å². The third-order valence-electron chi connectivity index (χ3n) is 2.11. The molecule has 0 bridgehead atoms. The maximum atomic E-state index is 6.07. The molecular weight excluding hydrogens is 186 g/mol. The van der Waals surface area contributed by atoms with Crippen molar-refractivity contribution in [3.05, 3.63) is 28.3 Å². The predicted molar refractivity (Wildman–Crippen MR) is 53.4 cm³/mol. The lowest BCUT2D eigenvalue weighted by Gasteiger charge is -2.09. The molecule has 1 N–H and O–H groups in total. The molecule has 1 heterocycles. The number of nitrogens with one attached hydrogen (secondary N) is 1. The molecule has 0 radical (unpaired) electrons. The van der Waals surface area contributed by atoms with Crippen LogP contribution in [0, 0.1) is 6.92 Å². The maximum Gasteiger partial charge on any atom is 0.142 e. The average Bonchev–Trinajstić information content (AvgIpc) is 2.28. The third kappa shape index (κ3) is 1.79. The Morgan fingerprint density at radius 2 is 2.31 bits per heavy atom. The van der Waals surface area contributed by atoms with Crippen molar-refractivity contribution >= 4 is 11.6 Å². The molecule has 0 atom stereocenters. The molecule has 0 amide bonds. The van der Waals surface area contributed by atoms with Gasteiger partial charge in [0.05, 0.1) is 5.02 Å². The minimum atomic E-state index is 0.690. The summed E-state index contributed by atoms with van der Waals surface area (Å²) in [5.41, 5.74) is 2.33. The fraction of sp³-hybridized carbons (Fsp3) is 0.400. The number of halogens is 1. The summed E-state index contributed by atoms with van der Waals surface area (Å²) in [7, 11) is 0. The van der Waals surface area contributed by atoms with E-state index < -0.39 is 0 Å². The minimum Gasteiger partial charge on any atom is -0.490 e. The first-order chi connectivity index (χ1) is 6.27. The van der Waals surface area contributed by atoms with E-state index in [0.717, 1.165) is 29.4 Å². The summed E-state index contributed by atoms with van der Waals surface area (Å²) in [6.07, 6.45) is 0. The SMILES string of the molecule is Cc1cc(Cl)c2c(c1)CNCCO2. The van der Waals surface area contributed by atoms with E-state index >= 15 is 0 Å². The number of fused-ring (bicyclic) bond motifs is 1. The number of benzene rings is 1. The monoisotopic (exact) mass is 197 g/mol. The number of rotatable bonds is 0. The van der Waals surface area contributed by atoms with Gasteiger partial charge < -0.3 is 10.1 Å². The molecule has 1 aliphatic heterocycles. The van der Waals surface area contributed by atoms with Crippen molar-refractivity contribution in [2.24, 2.45) is 0 Å². The molecule has 0 unspecified atom stereocenters. The highest BCUT2D eigenvalue weighted by Crippen LogP contribution is 2.31. The van der Waals surface area contributed by atoms with Gasteiger partial charge in [0, 0.05) is 18.7 Å². The average molecular weight is 198 g/mol. The summed E-state index contributed by atoms with van der Waals surface area (Å²) in [6, 6.07) is 4.05. The Bertz CT molecular complexity index is 325. The van der Waals surface area contributed by atoms with Crippen molar-refractivity contribution in [1.29, 1.82) is 0 Å². The molecular formula is C10H12ClNO. The first-order valence-corrected chi connectivity index (χ1v) is 4.78. The first-order valence-electron chi connectivity index (χ1n) is 4.40. The highest BCUT2D eigenvalue weighted by atomic mass is 35.5. The second-order valence-corrected chi connectivity index (χ2v) is 3.67. The lowest BCUT2D eigenvalue weighted by Crippen LogP contribution is -2.16. The third-order valence-corrected chi connectivity index (χ3v) is 2.39. The van der Waals surface area contributed by atoms with Gasteiger partial charge in [-0.2, -0.15) is 0 Å². The van der Waals surface area contributed by atoms with Crippen LogP contribution in [-0.4, -0.2) is 13.2 Å². The van der Waals surface area contributed by atoms with Gasteiger partial charge in [0.1, 0.15) is 12.4 Å². The van der Waals surface area contributed by atoms with Crippen molar-refractivity contribution in [2.45, 2.75) is 13.5 Å². The molecule has 0 aliphatic carbocycles. The number of ether oxygens (including phenoxy) is 1. The molecule has 2 nitrogen and oxygen atoms in total. The smallest absolute Gasteiger partial charge is 0.142 e. The molecule has 1 aromatic rings. The number of aryl methyl sites for hydroxylation is 1. The van der Waals surface area contributed by atoms with Crippen molar-refractivity contribution < 1.29 is 4.74 Å².